The van der Waals surface area contributed by atoms with E-state index in [1.54, 1.807) is 42.5 Å². The number of carbonyl (C=O) groups excluding carboxylic acids is 1. The van der Waals surface area contributed by atoms with Crippen LogP contribution in [0, 0.1) is 11.3 Å². The number of carbonyl (C=O) groups is 1. The van der Waals surface area contributed by atoms with Gasteiger partial charge in [0.1, 0.15) is 11.8 Å². The fourth-order valence-electron chi connectivity index (χ4n) is 1.54. The van der Waals surface area contributed by atoms with Crippen LogP contribution >= 0.6 is 0 Å². The predicted octanol–water partition coefficient (Wildman–Crippen LogP) is 2.91. The van der Waals surface area contributed by atoms with Crippen molar-refractivity contribution in [2.75, 3.05) is 10.6 Å². The average molecular weight is 253 g/mol. The third-order valence-electron chi connectivity index (χ3n) is 2.45. The molecule has 0 radical (unpaired) electrons. The molecule has 0 aliphatic heterocycles. The van der Waals surface area contributed by atoms with E-state index in [4.69, 9.17) is 5.26 Å². The van der Waals surface area contributed by atoms with E-state index in [0.717, 1.165) is 0 Å². The van der Waals surface area contributed by atoms with Gasteiger partial charge in [-0.05, 0) is 24.3 Å². The second kappa shape index (κ2) is 5.56. The summed E-state index contributed by atoms with van der Waals surface area (Å²) in [6.07, 6.45) is 0. The molecule has 2 aromatic carbocycles. The number of nitrogens with one attached hydrogen (secondary N) is 2. The first-order valence-corrected chi connectivity index (χ1v) is 5.56. The maximum atomic E-state index is 11.8. The predicted molar refractivity (Wildman–Crippen MR) is 71.9 cm³/mol. The van der Waals surface area contributed by atoms with Crippen molar-refractivity contribution < 1.29 is 9.90 Å². The Morgan fingerprint density at radius 2 is 1.58 bits per heavy atom. The molecule has 2 amide bonds. The minimum atomic E-state index is -0.524. The van der Waals surface area contributed by atoms with Crippen LogP contribution in [0.2, 0.25) is 0 Å². The lowest BCUT2D eigenvalue weighted by molar-refractivity contribution is 0.262. The molecule has 0 bridgehead atoms. The number of urea groups is 1. The fraction of sp³-hybridized carbons (Fsp3) is 0. The van der Waals surface area contributed by atoms with Crippen LogP contribution in [0.15, 0.2) is 48.5 Å². The van der Waals surface area contributed by atoms with E-state index < -0.39 is 6.03 Å². The van der Waals surface area contributed by atoms with Gasteiger partial charge in [0.25, 0.3) is 0 Å². The maximum Gasteiger partial charge on any atom is 0.323 e. The van der Waals surface area contributed by atoms with Crippen LogP contribution in [-0.4, -0.2) is 11.1 Å². The third kappa shape index (κ3) is 3.01. The smallest absolute Gasteiger partial charge is 0.323 e. The molecule has 0 spiro atoms. The number of hydrogen-bond donors (Lipinski definition) is 3. The van der Waals surface area contributed by atoms with Crippen LogP contribution in [0.5, 0.6) is 5.75 Å². The first-order chi connectivity index (χ1) is 9.20. The topological polar surface area (TPSA) is 85.2 Å². The highest BCUT2D eigenvalue weighted by Gasteiger charge is 2.08. The summed E-state index contributed by atoms with van der Waals surface area (Å²) in [6, 6.07) is 14.5. The van der Waals surface area contributed by atoms with Crippen molar-refractivity contribution in [3.05, 3.63) is 54.1 Å². The second-order valence-corrected chi connectivity index (χ2v) is 3.75. The molecule has 0 saturated heterocycles. The average Bonchev–Trinajstić information content (AvgIpc) is 2.42. The number of phenols is 1. The van der Waals surface area contributed by atoms with Gasteiger partial charge in [0.05, 0.1) is 16.9 Å². The zero-order valence-corrected chi connectivity index (χ0v) is 9.92. The summed E-state index contributed by atoms with van der Waals surface area (Å²) in [5.41, 5.74) is 1.09. The number of anilines is 2. The summed E-state index contributed by atoms with van der Waals surface area (Å²) < 4.78 is 0. The molecule has 5 nitrogen and oxygen atoms in total. The molecule has 0 aromatic heterocycles. The lowest BCUT2D eigenvalue weighted by Gasteiger charge is -2.09. The van der Waals surface area contributed by atoms with Gasteiger partial charge in [0, 0.05) is 0 Å². The second-order valence-electron chi connectivity index (χ2n) is 3.75. The Morgan fingerprint density at radius 3 is 2.26 bits per heavy atom. The summed E-state index contributed by atoms with van der Waals surface area (Å²) in [7, 11) is 0. The molecule has 0 heterocycles. The summed E-state index contributed by atoms with van der Waals surface area (Å²) in [4.78, 5) is 11.8. The van der Waals surface area contributed by atoms with Crippen LogP contribution in [0.4, 0.5) is 16.2 Å². The van der Waals surface area contributed by atoms with Gasteiger partial charge in [-0.25, -0.2) is 4.79 Å². The molecule has 0 saturated carbocycles. The molecular weight excluding hydrogens is 242 g/mol. The van der Waals surface area contributed by atoms with Crippen molar-refractivity contribution in [1.82, 2.24) is 0 Å². The molecule has 0 atom stereocenters. The van der Waals surface area contributed by atoms with Crippen LogP contribution in [0.1, 0.15) is 5.56 Å². The Hall–Kier alpha value is -3.00. The number of rotatable bonds is 2. The number of nitriles is 1. The number of benzene rings is 2. The van der Waals surface area contributed by atoms with Crippen LogP contribution in [-0.2, 0) is 0 Å². The van der Waals surface area contributed by atoms with Crippen molar-refractivity contribution in [3.8, 4) is 11.8 Å². The van der Waals surface area contributed by atoms with E-state index in [1.165, 1.54) is 6.07 Å². The third-order valence-corrected chi connectivity index (χ3v) is 2.45. The number of hydrogen-bond acceptors (Lipinski definition) is 3. The fourth-order valence-corrected chi connectivity index (χ4v) is 1.54. The minimum absolute atomic E-state index is 0.0220. The zero-order valence-electron chi connectivity index (χ0n) is 9.92. The number of aromatic hydroxyl groups is 1. The summed E-state index contributed by atoms with van der Waals surface area (Å²) in [5.74, 6) is -0.0220. The van der Waals surface area contributed by atoms with Crippen LogP contribution in [0.25, 0.3) is 0 Å². The standard InChI is InChI=1S/C14H11N3O2/c15-9-10-5-1-2-6-11(10)16-14(19)17-12-7-3-4-8-13(12)18/h1-8,18H,(H2,16,17,19). The molecule has 19 heavy (non-hydrogen) atoms. The SMILES string of the molecule is N#Cc1ccccc1NC(=O)Nc1ccccc1O. The Balaban J connectivity index is 2.11. The molecule has 94 valence electrons. The van der Waals surface area contributed by atoms with E-state index in [-0.39, 0.29) is 5.75 Å². The highest BCUT2D eigenvalue weighted by Crippen LogP contribution is 2.22. The van der Waals surface area contributed by atoms with Gasteiger partial charge in [-0.1, -0.05) is 24.3 Å². The first kappa shape index (κ1) is 12.5. The molecule has 2 rings (SSSR count). The maximum absolute atomic E-state index is 11.8. The minimum Gasteiger partial charge on any atom is -0.506 e. The van der Waals surface area contributed by atoms with Crippen molar-refractivity contribution >= 4 is 17.4 Å². The van der Waals surface area contributed by atoms with Gasteiger partial charge in [-0.2, -0.15) is 5.26 Å². The first-order valence-electron chi connectivity index (χ1n) is 5.56. The highest BCUT2D eigenvalue weighted by molar-refractivity contribution is 6.01. The van der Waals surface area contributed by atoms with Gasteiger partial charge >= 0.3 is 6.03 Å². The molecule has 0 unspecified atom stereocenters. The van der Waals surface area contributed by atoms with Crippen LogP contribution in [0.3, 0.4) is 0 Å². The summed E-state index contributed by atoms with van der Waals surface area (Å²) in [5, 5.41) is 23.5. The quantitative estimate of drug-likeness (QED) is 0.719. The molecule has 3 N–H and O–H groups in total. The van der Waals surface area contributed by atoms with Crippen molar-refractivity contribution in [2.24, 2.45) is 0 Å². The Bertz CT molecular complexity index is 647. The van der Waals surface area contributed by atoms with Gasteiger partial charge in [0.2, 0.25) is 0 Å². The summed E-state index contributed by atoms with van der Waals surface area (Å²) in [6.45, 7) is 0. The summed E-state index contributed by atoms with van der Waals surface area (Å²) >= 11 is 0. The molecule has 0 fully saturated rings. The normalized spacial score (nSPS) is 9.42. The molecule has 0 aliphatic rings. The van der Waals surface area contributed by atoms with E-state index in [9.17, 15) is 9.90 Å². The van der Waals surface area contributed by atoms with Gasteiger partial charge in [0.15, 0.2) is 0 Å². The number of amides is 2. The lowest BCUT2D eigenvalue weighted by Crippen LogP contribution is -2.20. The van der Waals surface area contributed by atoms with Crippen molar-refractivity contribution in [3.63, 3.8) is 0 Å². The largest absolute Gasteiger partial charge is 0.506 e. The molecule has 2 aromatic rings. The van der Waals surface area contributed by atoms with Gasteiger partial charge in [-0.3, -0.25) is 0 Å². The van der Waals surface area contributed by atoms with E-state index in [2.05, 4.69) is 10.6 Å². The monoisotopic (exact) mass is 253 g/mol. The number of nitrogens with zero attached hydrogens (tertiary/aromatic N) is 1. The highest BCUT2D eigenvalue weighted by atomic mass is 16.3. The van der Waals surface area contributed by atoms with Crippen LogP contribution < -0.4 is 10.6 Å². The number of para-hydroxylation sites is 3. The Labute approximate surface area is 110 Å². The van der Waals surface area contributed by atoms with Gasteiger partial charge in [-0.15, -0.1) is 0 Å². The zero-order chi connectivity index (χ0) is 13.7. The molecule has 5 heteroatoms. The van der Waals surface area contributed by atoms with E-state index in [1.807, 2.05) is 6.07 Å². The Kier molecular flexibility index (Phi) is 3.64. The van der Waals surface area contributed by atoms with E-state index in [0.29, 0.717) is 16.9 Å². The molecular formula is C14H11N3O2. The van der Waals surface area contributed by atoms with Gasteiger partial charge < -0.3 is 15.7 Å². The Morgan fingerprint density at radius 1 is 1.00 bits per heavy atom. The molecule has 0 aliphatic carbocycles. The van der Waals surface area contributed by atoms with Crippen molar-refractivity contribution in [1.29, 1.82) is 5.26 Å². The van der Waals surface area contributed by atoms with E-state index >= 15 is 0 Å². The lowest BCUT2D eigenvalue weighted by atomic mass is 10.2. The number of phenolic OH excluding ortho intramolecular Hbond substituents is 1. The van der Waals surface area contributed by atoms with Crippen molar-refractivity contribution in [2.45, 2.75) is 0 Å².